The van der Waals surface area contributed by atoms with Gasteiger partial charge in [-0.3, -0.25) is 19.4 Å². The number of halogens is 1. The summed E-state index contributed by atoms with van der Waals surface area (Å²) >= 11 is 6.05. The second-order valence-electron chi connectivity index (χ2n) is 20.8. The lowest BCUT2D eigenvalue weighted by Gasteiger charge is -2.72. The number of aliphatic hydroxyl groups excluding tert-OH is 1. The highest BCUT2D eigenvalue weighted by molar-refractivity contribution is 6.30. The summed E-state index contributed by atoms with van der Waals surface area (Å²) in [6.07, 6.45) is 9.41. The minimum atomic E-state index is -0.831. The minimum Gasteiger partial charge on any atom is -0.481 e. The maximum absolute atomic E-state index is 14.1. The van der Waals surface area contributed by atoms with Crippen molar-refractivity contribution in [3.63, 3.8) is 0 Å². The number of carboxylic acids is 1. The van der Waals surface area contributed by atoms with E-state index in [9.17, 15) is 24.6 Å². The van der Waals surface area contributed by atoms with Gasteiger partial charge in [-0.05, 0) is 121 Å². The van der Waals surface area contributed by atoms with E-state index in [0.717, 1.165) is 62.6 Å². The smallest absolute Gasteiger partial charge is 0.309 e. The zero-order chi connectivity index (χ0) is 39.4. The monoisotopic (exact) mass is 764 g/mol. The first-order valence-electron chi connectivity index (χ1n) is 20.9. The molecule has 0 unspecified atom stereocenters. The number of nitrogens with zero attached hydrogens (tertiary/aromatic N) is 1. The number of Topliss-reactive ketones (excluding diaryl/α,β-unsaturated/α-hetero) is 1. The van der Waals surface area contributed by atoms with Crippen LogP contribution >= 0.6 is 11.6 Å². The number of aliphatic hydroxyl groups is 1. The van der Waals surface area contributed by atoms with E-state index in [4.69, 9.17) is 16.3 Å². The molecule has 1 aromatic rings. The Bertz CT molecular complexity index is 1720. The van der Waals surface area contributed by atoms with Gasteiger partial charge in [0.2, 0.25) is 0 Å². The summed E-state index contributed by atoms with van der Waals surface area (Å²) in [5, 5.41) is 25.9. The Hall–Kier alpha value is -2.29. The fourth-order valence-electron chi connectivity index (χ4n) is 14.3. The molecule has 0 aromatic carbocycles. The van der Waals surface area contributed by atoms with Crippen LogP contribution in [0.25, 0.3) is 0 Å². The van der Waals surface area contributed by atoms with Gasteiger partial charge in [0.1, 0.15) is 6.10 Å². The lowest BCUT2D eigenvalue weighted by Crippen LogP contribution is -2.66. The van der Waals surface area contributed by atoms with Crippen molar-refractivity contribution in [2.45, 2.75) is 145 Å². The van der Waals surface area contributed by atoms with Gasteiger partial charge in [-0.2, -0.15) is 0 Å². The third kappa shape index (κ3) is 5.71. The number of hydrogen-bond donors (Lipinski definition) is 3. The summed E-state index contributed by atoms with van der Waals surface area (Å²) in [4.78, 5) is 43.8. The number of hydrogen-bond acceptors (Lipinski definition) is 7. The van der Waals surface area contributed by atoms with Gasteiger partial charge in [0, 0.05) is 36.5 Å². The van der Waals surface area contributed by atoms with Gasteiger partial charge >= 0.3 is 11.9 Å². The topological polar surface area (TPSA) is 126 Å². The number of esters is 1. The van der Waals surface area contributed by atoms with Gasteiger partial charge < -0.3 is 20.3 Å². The summed E-state index contributed by atoms with van der Waals surface area (Å²) in [6, 6.07) is 3.73. The van der Waals surface area contributed by atoms with E-state index < -0.39 is 28.8 Å². The van der Waals surface area contributed by atoms with Gasteiger partial charge in [0.15, 0.2) is 5.78 Å². The fraction of sp³-hybridized carbons (Fsp3) is 0.778. The average Bonchev–Trinajstić information content (AvgIpc) is 3.40. The summed E-state index contributed by atoms with van der Waals surface area (Å²) in [5.41, 5.74) is 1.88. The minimum absolute atomic E-state index is 0.0161. The van der Waals surface area contributed by atoms with Crippen molar-refractivity contribution in [1.29, 1.82) is 0 Å². The number of ketones is 1. The number of aliphatic carboxylic acids is 1. The zero-order valence-electron chi connectivity index (χ0n) is 34.2. The van der Waals surface area contributed by atoms with Crippen LogP contribution in [0.2, 0.25) is 5.02 Å². The first-order valence-corrected chi connectivity index (χ1v) is 21.2. The number of fused-ring (bicyclic) bond motifs is 7. The van der Waals surface area contributed by atoms with Crippen LogP contribution in [0.1, 0.15) is 132 Å². The molecule has 5 fully saturated rings. The molecular formula is C45H65ClN2O6. The van der Waals surface area contributed by atoms with Crippen molar-refractivity contribution in [1.82, 2.24) is 10.3 Å². The van der Waals surface area contributed by atoms with E-state index in [1.54, 1.807) is 6.20 Å². The van der Waals surface area contributed by atoms with E-state index in [1.165, 1.54) is 5.57 Å². The van der Waals surface area contributed by atoms with Gasteiger partial charge in [0.05, 0.1) is 28.7 Å². The SMILES string of the molecule is CC(C)C1=C2[C@H]3CC[C@@H]4[C@@]5(C)CC[C@H](OC(=O)[C@H]6C[C@@H](C(=O)O)C6(C)C)C(C)(C)[C@@H]5CC[C@@]4(C)[C@]3(C)CC[C@@]2([C@@H](O)CNCc2ccc(Cl)cn2)CC1=O. The molecule has 0 amide bonds. The van der Waals surface area contributed by atoms with Gasteiger partial charge in [-0.1, -0.05) is 79.5 Å². The van der Waals surface area contributed by atoms with Gasteiger partial charge in [-0.25, -0.2) is 0 Å². The summed E-state index contributed by atoms with van der Waals surface area (Å²) < 4.78 is 6.41. The molecule has 0 spiro atoms. The van der Waals surface area contributed by atoms with E-state index >= 15 is 0 Å². The Morgan fingerprint density at radius 3 is 2.28 bits per heavy atom. The highest BCUT2D eigenvalue weighted by Crippen LogP contribution is 2.77. The number of carboxylic acid groups (broad SMARTS) is 1. The van der Waals surface area contributed by atoms with Crippen LogP contribution < -0.4 is 5.32 Å². The normalized spacial score (nSPS) is 41.2. The third-order valence-corrected chi connectivity index (χ3v) is 17.8. The van der Waals surface area contributed by atoms with E-state index in [1.807, 2.05) is 26.0 Å². The molecule has 1 aromatic heterocycles. The van der Waals surface area contributed by atoms with E-state index in [-0.39, 0.29) is 57.3 Å². The maximum atomic E-state index is 14.1. The number of aromatic nitrogens is 1. The highest BCUT2D eigenvalue weighted by Gasteiger charge is 2.71. The lowest BCUT2D eigenvalue weighted by molar-refractivity contribution is -0.238. The van der Waals surface area contributed by atoms with E-state index in [0.29, 0.717) is 42.8 Å². The molecule has 0 bridgehead atoms. The largest absolute Gasteiger partial charge is 0.481 e. The number of rotatable bonds is 9. The predicted molar refractivity (Wildman–Crippen MR) is 209 cm³/mol. The molecule has 54 heavy (non-hydrogen) atoms. The third-order valence-electron chi connectivity index (χ3n) is 17.6. The standard InChI is InChI=1S/C45H65ClN2O6/c1-25(2)36-31(49)21-45(34(50)24-47-23-27-11-10-26(46)22-48-27)19-18-43(8)28(37(36)45)12-13-33-42(7)16-15-35(41(5,6)32(42)14-17-44(33,43)9)54-39(53)30-20-29(38(51)52)40(30,3)4/h10-11,22,25,28-30,32-35,47,50H,12-21,23-24H2,1-9H3,(H,51,52)/t28-,29+,30-,32+,33-,34+,35+,42+,43-,44-,45+/m1/s1. The van der Waals surface area contributed by atoms with Crippen LogP contribution in [0, 0.1) is 68.0 Å². The number of carbonyl (C=O) groups is 3. The molecule has 1 heterocycles. The molecule has 3 N–H and O–H groups in total. The molecule has 6 aliphatic carbocycles. The van der Waals surface area contributed by atoms with Gasteiger partial charge in [-0.15, -0.1) is 0 Å². The van der Waals surface area contributed by atoms with Crippen LogP contribution in [-0.4, -0.2) is 51.7 Å². The summed E-state index contributed by atoms with van der Waals surface area (Å²) in [5.74, 6) is -0.488. The van der Waals surface area contributed by atoms with Crippen LogP contribution in [-0.2, 0) is 25.7 Å². The molecule has 0 radical (unpaired) electrons. The second-order valence-corrected chi connectivity index (χ2v) is 21.2. The fourth-order valence-corrected chi connectivity index (χ4v) is 14.4. The molecule has 0 aliphatic heterocycles. The summed E-state index contributed by atoms with van der Waals surface area (Å²) in [7, 11) is 0. The second kappa shape index (κ2) is 13.4. The Kier molecular flexibility index (Phi) is 9.91. The van der Waals surface area contributed by atoms with Crippen LogP contribution in [0.5, 0.6) is 0 Å². The highest BCUT2D eigenvalue weighted by atomic mass is 35.5. The van der Waals surface area contributed by atoms with Crippen molar-refractivity contribution in [2.24, 2.45) is 68.0 Å². The first-order chi connectivity index (χ1) is 25.1. The van der Waals surface area contributed by atoms with Crippen molar-refractivity contribution in [3.05, 3.63) is 40.2 Å². The number of ether oxygens (including phenoxy) is 1. The van der Waals surface area contributed by atoms with Crippen LogP contribution in [0.15, 0.2) is 29.5 Å². The zero-order valence-corrected chi connectivity index (χ0v) is 34.9. The molecule has 6 aliphatic rings. The quantitative estimate of drug-likeness (QED) is 0.213. The molecule has 298 valence electrons. The van der Waals surface area contributed by atoms with Crippen molar-refractivity contribution < 1.29 is 29.3 Å². The Morgan fingerprint density at radius 2 is 1.65 bits per heavy atom. The Balaban J connectivity index is 1.12. The lowest BCUT2D eigenvalue weighted by atomic mass is 9.33. The Labute approximate surface area is 328 Å². The van der Waals surface area contributed by atoms with Crippen LogP contribution in [0.4, 0.5) is 0 Å². The molecule has 11 atom stereocenters. The van der Waals surface area contributed by atoms with Gasteiger partial charge in [0.25, 0.3) is 0 Å². The predicted octanol–water partition coefficient (Wildman–Crippen LogP) is 8.82. The van der Waals surface area contributed by atoms with Crippen molar-refractivity contribution in [2.75, 3.05) is 6.54 Å². The number of nitrogens with one attached hydrogen (secondary N) is 1. The van der Waals surface area contributed by atoms with Crippen molar-refractivity contribution in [3.8, 4) is 0 Å². The number of allylic oxidation sites excluding steroid dienone is 1. The average molecular weight is 765 g/mol. The summed E-state index contributed by atoms with van der Waals surface area (Å²) in [6.45, 7) is 21.3. The molecule has 5 saturated carbocycles. The molecular weight excluding hydrogens is 700 g/mol. The molecule has 0 saturated heterocycles. The number of carbonyl (C=O) groups excluding carboxylic acids is 2. The maximum Gasteiger partial charge on any atom is 0.309 e. The molecule has 9 heteroatoms. The van der Waals surface area contributed by atoms with Crippen LogP contribution in [0.3, 0.4) is 0 Å². The molecule has 7 rings (SSSR count). The van der Waals surface area contributed by atoms with E-state index in [2.05, 4.69) is 58.8 Å². The number of pyridine rings is 1. The first kappa shape index (κ1) is 39.9. The molecule has 8 nitrogen and oxygen atoms in total. The van der Waals surface area contributed by atoms with Crippen molar-refractivity contribution >= 4 is 29.3 Å². The Morgan fingerprint density at radius 1 is 0.926 bits per heavy atom.